The third-order valence-electron chi connectivity index (χ3n) is 8.27. The van der Waals surface area contributed by atoms with E-state index < -0.39 is 0 Å². The molecule has 1 fully saturated rings. The maximum Gasteiger partial charge on any atom is 0.272 e. The summed E-state index contributed by atoms with van der Waals surface area (Å²) in [5.41, 5.74) is 7.87. The molecule has 4 aromatic rings. The molecule has 0 saturated carbocycles. The SMILES string of the molecule is Cc1c(C)n(Cc2cccc(Cl)c2)c2c(N3CCc4ccccc4C3)nc(C(=O)N3CCN(C)CC3)cc12. The minimum absolute atomic E-state index is 0.0262. The Hall–Kier alpha value is -3.35. The van der Waals surface area contributed by atoms with Crippen LogP contribution in [0.1, 0.15) is 38.4 Å². The Morgan fingerprint density at radius 1 is 0.947 bits per heavy atom. The molecule has 4 heterocycles. The minimum Gasteiger partial charge on any atom is -0.350 e. The van der Waals surface area contributed by atoms with Gasteiger partial charge in [0, 0.05) is 61.9 Å². The number of piperazine rings is 1. The summed E-state index contributed by atoms with van der Waals surface area (Å²) >= 11 is 6.34. The van der Waals surface area contributed by atoms with Crippen molar-refractivity contribution in [3.8, 4) is 0 Å². The monoisotopic (exact) mass is 527 g/mol. The lowest BCUT2D eigenvalue weighted by molar-refractivity contribution is 0.0658. The molecule has 2 aromatic heterocycles. The molecule has 0 unspecified atom stereocenters. The Morgan fingerprint density at radius 3 is 2.47 bits per heavy atom. The minimum atomic E-state index is 0.0262. The van der Waals surface area contributed by atoms with E-state index in [0.717, 1.165) is 73.0 Å². The standard InChI is InChI=1S/C31H34ClN5O/c1-21-22(2)37(19-23-7-6-10-26(32)17-23)29-27(21)18-28(31(38)35-15-13-34(3)14-16-35)33-30(29)36-12-11-24-8-4-5-9-25(24)20-36/h4-10,17-18H,11-16,19-20H2,1-3H3. The molecule has 1 saturated heterocycles. The van der Waals surface area contributed by atoms with Crippen LogP contribution in [0.5, 0.6) is 0 Å². The second-order valence-electron chi connectivity index (χ2n) is 10.7. The molecule has 6 nitrogen and oxygen atoms in total. The number of nitrogens with zero attached hydrogens (tertiary/aromatic N) is 5. The van der Waals surface area contributed by atoms with Gasteiger partial charge in [-0.2, -0.15) is 0 Å². The van der Waals surface area contributed by atoms with Crippen LogP contribution in [-0.2, 0) is 19.5 Å². The van der Waals surface area contributed by atoms with Gasteiger partial charge in [-0.05, 0) is 67.8 Å². The highest BCUT2D eigenvalue weighted by Gasteiger charge is 2.28. The maximum absolute atomic E-state index is 13.7. The Morgan fingerprint density at radius 2 is 1.71 bits per heavy atom. The van der Waals surface area contributed by atoms with Crippen LogP contribution in [0.2, 0.25) is 5.02 Å². The number of amides is 1. The van der Waals surface area contributed by atoms with E-state index >= 15 is 0 Å². The largest absolute Gasteiger partial charge is 0.350 e. The summed E-state index contributed by atoms with van der Waals surface area (Å²) in [4.78, 5) is 25.4. The van der Waals surface area contributed by atoms with Gasteiger partial charge in [0.25, 0.3) is 5.91 Å². The van der Waals surface area contributed by atoms with Crippen LogP contribution in [-0.4, -0.2) is 65.0 Å². The number of carbonyl (C=O) groups excluding carboxylic acids is 1. The number of benzene rings is 2. The van der Waals surface area contributed by atoms with Gasteiger partial charge in [-0.15, -0.1) is 0 Å². The molecular weight excluding hydrogens is 494 g/mol. The zero-order chi connectivity index (χ0) is 26.4. The molecule has 7 heteroatoms. The first kappa shape index (κ1) is 25.0. The fraction of sp³-hybridized carbons (Fsp3) is 0.355. The molecule has 0 atom stereocenters. The quantitative estimate of drug-likeness (QED) is 0.361. The van der Waals surface area contributed by atoms with Crippen molar-refractivity contribution in [3.63, 3.8) is 0 Å². The lowest BCUT2D eigenvalue weighted by Crippen LogP contribution is -2.47. The van der Waals surface area contributed by atoms with Crippen LogP contribution in [0.3, 0.4) is 0 Å². The van der Waals surface area contributed by atoms with Crippen LogP contribution in [0.15, 0.2) is 54.6 Å². The Labute approximate surface area is 229 Å². The van der Waals surface area contributed by atoms with Crippen LogP contribution < -0.4 is 4.90 Å². The first-order chi connectivity index (χ1) is 18.4. The third-order valence-corrected chi connectivity index (χ3v) is 8.50. The Balaban J connectivity index is 1.49. The van der Waals surface area contributed by atoms with Gasteiger partial charge in [0.1, 0.15) is 5.69 Å². The number of aromatic nitrogens is 2. The normalized spacial score (nSPS) is 16.2. The average Bonchev–Trinajstić information content (AvgIpc) is 3.17. The predicted octanol–water partition coefficient (Wildman–Crippen LogP) is 5.31. The predicted molar refractivity (Wildman–Crippen MR) is 154 cm³/mol. The molecule has 2 aliphatic rings. The molecule has 38 heavy (non-hydrogen) atoms. The summed E-state index contributed by atoms with van der Waals surface area (Å²) < 4.78 is 2.35. The number of rotatable bonds is 4. The second kappa shape index (κ2) is 10.1. The molecule has 0 bridgehead atoms. The van der Waals surface area contributed by atoms with Crippen molar-refractivity contribution in [1.82, 2.24) is 19.4 Å². The second-order valence-corrected chi connectivity index (χ2v) is 11.1. The number of aryl methyl sites for hydroxylation is 1. The number of hydrogen-bond donors (Lipinski definition) is 0. The summed E-state index contributed by atoms with van der Waals surface area (Å²) in [6.45, 7) is 9.90. The first-order valence-electron chi connectivity index (χ1n) is 13.4. The topological polar surface area (TPSA) is 44.6 Å². The number of hydrogen-bond acceptors (Lipinski definition) is 4. The van der Waals surface area contributed by atoms with Gasteiger partial charge < -0.3 is 19.3 Å². The number of pyridine rings is 1. The van der Waals surface area contributed by atoms with E-state index in [2.05, 4.69) is 65.6 Å². The van der Waals surface area contributed by atoms with Gasteiger partial charge >= 0.3 is 0 Å². The highest BCUT2D eigenvalue weighted by molar-refractivity contribution is 6.30. The Kier molecular flexibility index (Phi) is 6.62. The van der Waals surface area contributed by atoms with Gasteiger partial charge in [-0.1, -0.05) is 48.0 Å². The smallest absolute Gasteiger partial charge is 0.272 e. The highest BCUT2D eigenvalue weighted by atomic mass is 35.5. The number of fused-ring (bicyclic) bond motifs is 2. The van der Waals surface area contributed by atoms with E-state index in [0.29, 0.717) is 12.2 Å². The van der Waals surface area contributed by atoms with E-state index in [1.54, 1.807) is 0 Å². The maximum atomic E-state index is 13.7. The average molecular weight is 528 g/mol. The number of halogens is 1. The van der Waals surface area contributed by atoms with Crippen molar-refractivity contribution in [2.24, 2.45) is 0 Å². The van der Waals surface area contributed by atoms with Crippen molar-refractivity contribution in [2.75, 3.05) is 44.7 Å². The van der Waals surface area contributed by atoms with Crippen molar-refractivity contribution < 1.29 is 4.79 Å². The first-order valence-corrected chi connectivity index (χ1v) is 13.8. The van der Waals surface area contributed by atoms with Gasteiger partial charge in [0.2, 0.25) is 0 Å². The molecule has 1 amide bonds. The fourth-order valence-corrected chi connectivity index (χ4v) is 6.05. The van der Waals surface area contributed by atoms with Crippen molar-refractivity contribution in [2.45, 2.75) is 33.4 Å². The van der Waals surface area contributed by atoms with Crippen LogP contribution in [0.25, 0.3) is 10.9 Å². The molecular formula is C31H34ClN5O. The van der Waals surface area contributed by atoms with E-state index in [1.165, 1.54) is 22.4 Å². The van der Waals surface area contributed by atoms with Crippen LogP contribution >= 0.6 is 11.6 Å². The Bertz CT molecular complexity index is 1520. The number of carbonyl (C=O) groups is 1. The lowest BCUT2D eigenvalue weighted by Gasteiger charge is -2.33. The van der Waals surface area contributed by atoms with Crippen LogP contribution in [0.4, 0.5) is 5.82 Å². The highest BCUT2D eigenvalue weighted by Crippen LogP contribution is 2.36. The van der Waals surface area contributed by atoms with E-state index in [-0.39, 0.29) is 5.91 Å². The summed E-state index contributed by atoms with van der Waals surface area (Å²) in [6, 6.07) is 18.7. The molecule has 0 N–H and O–H groups in total. The van der Waals surface area contributed by atoms with Crippen molar-refractivity contribution in [3.05, 3.63) is 93.3 Å². The molecule has 0 aliphatic carbocycles. The summed E-state index contributed by atoms with van der Waals surface area (Å²) in [5, 5.41) is 1.84. The molecule has 2 aliphatic heterocycles. The molecule has 0 radical (unpaired) electrons. The van der Waals surface area contributed by atoms with Crippen LogP contribution in [0, 0.1) is 13.8 Å². The zero-order valence-electron chi connectivity index (χ0n) is 22.4. The molecule has 6 rings (SSSR count). The van der Waals surface area contributed by atoms with E-state index in [1.807, 2.05) is 29.2 Å². The summed E-state index contributed by atoms with van der Waals surface area (Å²) in [6.07, 6.45) is 0.961. The van der Waals surface area contributed by atoms with Crippen molar-refractivity contribution >= 4 is 34.2 Å². The number of anilines is 1. The van der Waals surface area contributed by atoms with E-state index in [9.17, 15) is 4.79 Å². The van der Waals surface area contributed by atoms with Gasteiger partial charge in [0.05, 0.1) is 5.52 Å². The molecule has 0 spiro atoms. The van der Waals surface area contributed by atoms with Crippen molar-refractivity contribution in [1.29, 1.82) is 0 Å². The van der Waals surface area contributed by atoms with Gasteiger partial charge in [-0.25, -0.2) is 4.98 Å². The fourth-order valence-electron chi connectivity index (χ4n) is 5.84. The number of likely N-dealkylation sites (N-methyl/N-ethyl adjacent to an activating group) is 1. The summed E-state index contributed by atoms with van der Waals surface area (Å²) in [5.74, 6) is 0.922. The third kappa shape index (κ3) is 4.56. The molecule has 196 valence electrons. The van der Waals surface area contributed by atoms with Gasteiger partial charge in [0.15, 0.2) is 5.82 Å². The lowest BCUT2D eigenvalue weighted by atomic mass is 10.00. The summed E-state index contributed by atoms with van der Waals surface area (Å²) in [7, 11) is 2.10. The van der Waals surface area contributed by atoms with Gasteiger partial charge in [-0.3, -0.25) is 4.79 Å². The molecule has 2 aromatic carbocycles. The van der Waals surface area contributed by atoms with E-state index in [4.69, 9.17) is 16.6 Å². The zero-order valence-corrected chi connectivity index (χ0v) is 23.1.